The van der Waals surface area contributed by atoms with Crippen molar-refractivity contribution in [1.82, 2.24) is 10.6 Å². The van der Waals surface area contributed by atoms with Crippen LogP contribution in [0.2, 0.25) is 0 Å². The smallest absolute Gasteiger partial charge is 0.328 e. The lowest BCUT2D eigenvalue weighted by Crippen LogP contribution is -2.43. The third-order valence-corrected chi connectivity index (χ3v) is 3.34. The number of nitrogens with one attached hydrogen (secondary N) is 2. The van der Waals surface area contributed by atoms with Crippen LogP contribution in [0, 0.1) is 17.0 Å². The van der Waals surface area contributed by atoms with Crippen molar-refractivity contribution in [2.45, 2.75) is 19.4 Å². The molecule has 1 saturated heterocycles. The van der Waals surface area contributed by atoms with Crippen LogP contribution in [0.25, 0.3) is 0 Å². The molecule has 2 N–H and O–H groups in total. The first kappa shape index (κ1) is 16.4. The predicted octanol–water partition coefficient (Wildman–Crippen LogP) is 0.0647. The molecule has 1 atom stereocenters. The Hall–Kier alpha value is -2.97. The molecule has 1 aromatic carbocycles. The number of rotatable bonds is 5. The number of benzene rings is 1. The lowest BCUT2D eigenvalue weighted by molar-refractivity contribution is -0.385. The van der Waals surface area contributed by atoms with Gasteiger partial charge in [0.15, 0.2) is 0 Å². The summed E-state index contributed by atoms with van der Waals surface area (Å²) in [5.74, 6) is -1.54. The highest BCUT2D eigenvalue weighted by molar-refractivity contribution is 5.97. The summed E-state index contributed by atoms with van der Waals surface area (Å²) in [5, 5.41) is 15.6. The molecule has 0 saturated carbocycles. The van der Waals surface area contributed by atoms with Crippen molar-refractivity contribution in [1.29, 1.82) is 0 Å². The van der Waals surface area contributed by atoms with Gasteiger partial charge in [0.25, 0.3) is 11.6 Å². The number of carbonyl (C=O) groups excluding carboxylic acids is 3. The first-order valence-electron chi connectivity index (χ1n) is 6.87. The molecule has 9 heteroatoms. The monoisotopic (exact) mass is 321 g/mol. The molecule has 0 bridgehead atoms. The lowest BCUT2D eigenvalue weighted by Gasteiger charge is -2.10. The van der Waals surface area contributed by atoms with Gasteiger partial charge in [-0.05, 0) is 19.1 Å². The quantitative estimate of drug-likeness (QED) is 0.448. The zero-order chi connectivity index (χ0) is 17.0. The second-order valence-corrected chi connectivity index (χ2v) is 5.02. The maximum atomic E-state index is 11.9. The Morgan fingerprint density at radius 1 is 1.43 bits per heavy atom. The second-order valence-electron chi connectivity index (χ2n) is 5.02. The predicted molar refractivity (Wildman–Crippen MR) is 77.7 cm³/mol. The van der Waals surface area contributed by atoms with E-state index in [-0.39, 0.29) is 24.4 Å². The third-order valence-electron chi connectivity index (χ3n) is 3.34. The van der Waals surface area contributed by atoms with Crippen molar-refractivity contribution >= 4 is 23.5 Å². The third kappa shape index (κ3) is 4.02. The van der Waals surface area contributed by atoms with Crippen molar-refractivity contribution in [3.63, 3.8) is 0 Å². The first-order valence-corrected chi connectivity index (χ1v) is 6.87. The van der Waals surface area contributed by atoms with E-state index in [4.69, 9.17) is 4.74 Å². The SMILES string of the molecule is Cc1cc(C(=O)NCC(=O)N[C@H]2CCOC2=O)ccc1[N+](=O)[O-]. The van der Waals surface area contributed by atoms with E-state index in [1.54, 1.807) is 0 Å². The van der Waals surface area contributed by atoms with Crippen LogP contribution in [0.1, 0.15) is 22.3 Å². The molecule has 23 heavy (non-hydrogen) atoms. The summed E-state index contributed by atoms with van der Waals surface area (Å²) in [6.07, 6.45) is 0.403. The van der Waals surface area contributed by atoms with Crippen molar-refractivity contribution in [3.8, 4) is 0 Å². The van der Waals surface area contributed by atoms with E-state index < -0.39 is 28.7 Å². The van der Waals surface area contributed by atoms with E-state index in [1.807, 2.05) is 0 Å². The number of hydrogen-bond acceptors (Lipinski definition) is 6. The zero-order valence-corrected chi connectivity index (χ0v) is 12.3. The van der Waals surface area contributed by atoms with Crippen LogP contribution in [0.5, 0.6) is 0 Å². The topological polar surface area (TPSA) is 128 Å². The van der Waals surface area contributed by atoms with Crippen LogP contribution in [-0.2, 0) is 14.3 Å². The van der Waals surface area contributed by atoms with Crippen molar-refractivity contribution in [2.75, 3.05) is 13.2 Å². The van der Waals surface area contributed by atoms with E-state index in [2.05, 4.69) is 10.6 Å². The standard InChI is InChI=1S/C14H15N3O6/c1-8-6-9(2-3-11(8)17(21)22)13(19)15-7-12(18)16-10-4-5-23-14(10)20/h2-3,6,10H,4-5,7H2,1H3,(H,15,19)(H,16,18)/t10-/m0/s1. The molecule has 1 aliphatic heterocycles. The minimum absolute atomic E-state index is 0.0842. The molecule has 122 valence electrons. The number of carbonyl (C=O) groups is 3. The number of nitrogens with zero attached hydrogens (tertiary/aromatic N) is 1. The molecule has 1 aromatic rings. The van der Waals surface area contributed by atoms with Gasteiger partial charge in [-0.25, -0.2) is 4.79 Å². The highest BCUT2D eigenvalue weighted by Crippen LogP contribution is 2.18. The molecule has 0 radical (unpaired) electrons. The summed E-state index contributed by atoms with van der Waals surface area (Å²) < 4.78 is 4.71. The van der Waals surface area contributed by atoms with Gasteiger partial charge < -0.3 is 15.4 Å². The fraction of sp³-hybridized carbons (Fsp3) is 0.357. The van der Waals surface area contributed by atoms with Gasteiger partial charge in [-0.15, -0.1) is 0 Å². The van der Waals surface area contributed by atoms with Crippen molar-refractivity contribution in [3.05, 3.63) is 39.4 Å². The van der Waals surface area contributed by atoms with Crippen LogP contribution in [0.4, 0.5) is 5.69 Å². The summed E-state index contributed by atoms with van der Waals surface area (Å²) in [6, 6.07) is 3.24. The molecular formula is C14H15N3O6. The van der Waals surface area contributed by atoms with Crippen LogP contribution in [-0.4, -0.2) is 41.9 Å². The molecule has 0 unspecified atom stereocenters. The number of hydrogen-bond donors (Lipinski definition) is 2. The molecule has 1 aliphatic rings. The zero-order valence-electron chi connectivity index (χ0n) is 12.3. The summed E-state index contributed by atoms with van der Waals surface area (Å²) >= 11 is 0. The van der Waals surface area contributed by atoms with Gasteiger partial charge in [0.2, 0.25) is 5.91 Å². The highest BCUT2D eigenvalue weighted by Gasteiger charge is 2.27. The largest absolute Gasteiger partial charge is 0.464 e. The van der Waals surface area contributed by atoms with E-state index in [0.717, 1.165) is 0 Å². The normalized spacial score (nSPS) is 16.6. The molecule has 2 rings (SSSR count). The Morgan fingerprint density at radius 3 is 2.74 bits per heavy atom. The number of aryl methyl sites for hydroxylation is 1. The van der Waals surface area contributed by atoms with Crippen LogP contribution in [0.15, 0.2) is 18.2 Å². The fourth-order valence-corrected chi connectivity index (χ4v) is 2.14. The van der Waals surface area contributed by atoms with Gasteiger partial charge in [-0.3, -0.25) is 19.7 Å². The van der Waals surface area contributed by atoms with Crippen molar-refractivity contribution in [2.24, 2.45) is 0 Å². The number of nitro benzene ring substituents is 1. The summed E-state index contributed by atoms with van der Waals surface area (Å²) in [6.45, 7) is 1.48. The van der Waals surface area contributed by atoms with Gasteiger partial charge in [-0.2, -0.15) is 0 Å². The number of nitro groups is 1. The van der Waals surface area contributed by atoms with Crippen molar-refractivity contribution < 1.29 is 24.0 Å². The maximum Gasteiger partial charge on any atom is 0.328 e. The molecule has 1 heterocycles. The molecule has 0 spiro atoms. The average molecular weight is 321 g/mol. The summed E-state index contributed by atoms with van der Waals surface area (Å²) in [4.78, 5) is 45.0. The highest BCUT2D eigenvalue weighted by atomic mass is 16.6. The van der Waals surface area contributed by atoms with Gasteiger partial charge >= 0.3 is 5.97 Å². The van der Waals surface area contributed by atoms with Crippen LogP contribution >= 0.6 is 0 Å². The minimum Gasteiger partial charge on any atom is -0.464 e. The number of ether oxygens (including phenoxy) is 1. The Labute approximate surface area is 131 Å². The van der Waals surface area contributed by atoms with Gasteiger partial charge in [-0.1, -0.05) is 0 Å². The van der Waals surface area contributed by atoms with E-state index in [1.165, 1.54) is 25.1 Å². The summed E-state index contributed by atoms with van der Waals surface area (Å²) in [5.41, 5.74) is 0.473. The molecule has 0 aromatic heterocycles. The number of amides is 2. The Kier molecular flexibility index (Phi) is 4.89. The lowest BCUT2D eigenvalue weighted by atomic mass is 10.1. The minimum atomic E-state index is -0.680. The van der Waals surface area contributed by atoms with Gasteiger partial charge in [0, 0.05) is 23.6 Å². The van der Waals surface area contributed by atoms with Gasteiger partial charge in [0.1, 0.15) is 6.04 Å². The number of cyclic esters (lactones) is 1. The maximum absolute atomic E-state index is 11.9. The van der Waals surface area contributed by atoms with Crippen LogP contribution in [0.3, 0.4) is 0 Å². The second kappa shape index (κ2) is 6.86. The molecule has 2 amide bonds. The van der Waals surface area contributed by atoms with E-state index >= 15 is 0 Å². The molecule has 1 fully saturated rings. The molecular weight excluding hydrogens is 306 g/mol. The molecule has 0 aliphatic carbocycles. The van der Waals surface area contributed by atoms with Gasteiger partial charge in [0.05, 0.1) is 18.1 Å². The number of esters is 1. The van der Waals surface area contributed by atoms with E-state index in [9.17, 15) is 24.5 Å². The summed E-state index contributed by atoms with van der Waals surface area (Å²) in [7, 11) is 0. The first-order chi connectivity index (χ1) is 10.9. The van der Waals surface area contributed by atoms with E-state index in [0.29, 0.717) is 12.0 Å². The Morgan fingerprint density at radius 2 is 2.17 bits per heavy atom. The van der Waals surface area contributed by atoms with Crippen LogP contribution < -0.4 is 10.6 Å². The Bertz CT molecular complexity index is 672. The fourth-order valence-electron chi connectivity index (χ4n) is 2.14. The Balaban J connectivity index is 1.89. The molecule has 9 nitrogen and oxygen atoms in total. The average Bonchev–Trinajstić information content (AvgIpc) is 2.89.